The van der Waals surface area contributed by atoms with Crippen LogP contribution in [0.2, 0.25) is 0 Å². The summed E-state index contributed by atoms with van der Waals surface area (Å²) in [5, 5.41) is 16.4. The number of rotatable bonds is 23. The first-order valence-corrected chi connectivity index (χ1v) is 24.0. The van der Waals surface area contributed by atoms with E-state index in [0.29, 0.717) is 54.9 Å². The minimum atomic E-state index is -1.04. The number of hydrogen-bond acceptors (Lipinski definition) is 12. The molecule has 6 rings (SSSR count). The molecule has 370 valence electrons. The van der Waals surface area contributed by atoms with E-state index >= 15 is 0 Å². The third-order valence-corrected chi connectivity index (χ3v) is 13.0. The van der Waals surface area contributed by atoms with Crippen molar-refractivity contribution in [1.29, 1.82) is 0 Å². The lowest BCUT2D eigenvalue weighted by Gasteiger charge is -2.25. The second kappa shape index (κ2) is 24.8. The van der Waals surface area contributed by atoms with Crippen LogP contribution in [0.1, 0.15) is 79.5 Å². The average Bonchev–Trinajstić information content (AvgIpc) is 3.76. The van der Waals surface area contributed by atoms with Gasteiger partial charge in [-0.2, -0.15) is 5.06 Å². The summed E-state index contributed by atoms with van der Waals surface area (Å²) in [6.45, 7) is 6.77. The quantitative estimate of drug-likeness (QED) is 0.0339. The summed E-state index contributed by atoms with van der Waals surface area (Å²) in [4.78, 5) is 115. The number of thiophene rings is 1. The lowest BCUT2D eigenvalue weighted by atomic mass is 10.0. The predicted octanol–water partition coefficient (Wildman–Crippen LogP) is 4.66. The summed E-state index contributed by atoms with van der Waals surface area (Å²) in [5.41, 5.74) is 8.92. The number of primary amides is 1. The Morgan fingerprint density at radius 3 is 2.40 bits per heavy atom. The maximum atomic E-state index is 13.7. The number of pyridine rings is 1. The van der Waals surface area contributed by atoms with E-state index < -0.39 is 29.9 Å². The van der Waals surface area contributed by atoms with Crippen molar-refractivity contribution in [3.05, 3.63) is 106 Å². The van der Waals surface area contributed by atoms with Crippen LogP contribution >= 0.6 is 11.3 Å². The van der Waals surface area contributed by atoms with Gasteiger partial charge in [-0.3, -0.25) is 43.3 Å². The Morgan fingerprint density at radius 2 is 1.69 bits per heavy atom. The Bertz CT molecular complexity index is 2630. The fourth-order valence-corrected chi connectivity index (χ4v) is 9.04. The lowest BCUT2D eigenvalue weighted by molar-refractivity contribution is -0.178. The molecule has 2 aliphatic heterocycles. The number of hydroxylamine groups is 2. The van der Waals surface area contributed by atoms with E-state index in [1.807, 2.05) is 18.2 Å². The maximum absolute atomic E-state index is 13.7. The summed E-state index contributed by atoms with van der Waals surface area (Å²) >= 11 is 1.68. The van der Waals surface area contributed by atoms with E-state index in [0.717, 1.165) is 15.3 Å². The number of amides is 9. The summed E-state index contributed by atoms with van der Waals surface area (Å²) in [5.74, 6) is -2.55. The molecule has 2 aromatic heterocycles. The van der Waals surface area contributed by atoms with Crippen molar-refractivity contribution in [2.75, 3.05) is 37.3 Å². The van der Waals surface area contributed by atoms with Crippen molar-refractivity contribution in [2.45, 2.75) is 91.1 Å². The highest BCUT2D eigenvalue weighted by atomic mass is 32.1. The fourth-order valence-electron chi connectivity index (χ4n) is 7.78. The van der Waals surface area contributed by atoms with Crippen LogP contribution in [0.4, 0.5) is 16.3 Å². The van der Waals surface area contributed by atoms with E-state index in [9.17, 15) is 38.4 Å². The van der Waals surface area contributed by atoms with Gasteiger partial charge < -0.3 is 37.2 Å². The van der Waals surface area contributed by atoms with Crippen LogP contribution in [-0.2, 0) is 58.1 Å². The molecule has 0 unspecified atom stereocenters. The topological polar surface area (TPSA) is 255 Å². The molecule has 4 aromatic rings. The number of nitrogens with two attached hydrogens (primary N) is 1. The second-order valence-electron chi connectivity index (χ2n) is 17.5. The zero-order chi connectivity index (χ0) is 50.3. The number of nitrogens with zero attached hydrogens (tertiary/aromatic N) is 4. The monoisotopic (exact) mass is 976 g/mol. The Morgan fingerprint density at radius 1 is 0.943 bits per heavy atom. The lowest BCUT2D eigenvalue weighted by Crippen LogP contribution is -2.54. The third-order valence-electron chi connectivity index (χ3n) is 11.7. The minimum absolute atomic E-state index is 0.0646. The number of aryl methyl sites for hydroxylation is 1. The fraction of sp³-hybridized carbons (Fsp3) is 0.380. The summed E-state index contributed by atoms with van der Waals surface area (Å²) in [6, 6.07) is 14.2. The normalized spacial score (nSPS) is 14.6. The molecule has 0 spiro atoms. The Balaban J connectivity index is 0.996. The number of carbonyl (C=O) groups is 8. The number of urea groups is 1. The van der Waals surface area contributed by atoms with Crippen LogP contribution in [0.15, 0.2) is 79.0 Å². The number of fused-ring (bicyclic) bond motifs is 2. The number of hydrogen-bond donors (Lipinski definition) is 6. The van der Waals surface area contributed by atoms with E-state index in [-0.39, 0.29) is 81.1 Å². The first kappa shape index (κ1) is 52.1. The molecule has 0 aliphatic carbocycles. The van der Waals surface area contributed by atoms with Gasteiger partial charge in [-0.1, -0.05) is 50.6 Å². The molecule has 2 aromatic carbocycles. The molecule has 7 N–H and O–H groups in total. The van der Waals surface area contributed by atoms with Crippen molar-refractivity contribution in [3.63, 3.8) is 0 Å². The molecule has 0 radical (unpaired) electrons. The first-order chi connectivity index (χ1) is 33.5. The van der Waals surface area contributed by atoms with Gasteiger partial charge in [0.25, 0.3) is 11.8 Å². The van der Waals surface area contributed by atoms with Gasteiger partial charge >= 0.3 is 6.03 Å². The highest BCUT2D eigenvalue weighted by Gasteiger charge is 2.29. The summed E-state index contributed by atoms with van der Waals surface area (Å²) < 4.78 is 1.18. The molecule has 9 amide bonds. The van der Waals surface area contributed by atoms with Gasteiger partial charge in [-0.25, -0.2) is 9.78 Å². The summed E-state index contributed by atoms with van der Waals surface area (Å²) in [6.07, 6.45) is 9.41. The summed E-state index contributed by atoms with van der Waals surface area (Å²) in [7, 11) is 1.77. The Hall–Kier alpha value is -7.29. The van der Waals surface area contributed by atoms with E-state index in [4.69, 9.17) is 10.6 Å². The molecule has 4 heterocycles. The van der Waals surface area contributed by atoms with Crippen molar-refractivity contribution >= 4 is 86.4 Å². The van der Waals surface area contributed by atoms with Crippen LogP contribution in [-0.4, -0.2) is 106 Å². The average molecular weight is 977 g/mol. The van der Waals surface area contributed by atoms with E-state index in [2.05, 4.69) is 50.6 Å². The number of carbonyl (C=O) groups excluding carboxylic acids is 8. The maximum Gasteiger partial charge on any atom is 0.312 e. The van der Waals surface area contributed by atoms with Crippen molar-refractivity contribution in [2.24, 2.45) is 11.7 Å². The van der Waals surface area contributed by atoms with Crippen LogP contribution in [0.5, 0.6) is 0 Å². The third kappa shape index (κ3) is 14.9. The zero-order valence-electron chi connectivity index (χ0n) is 39.7. The number of likely N-dealkylation sites (N-methyl/N-ethyl adjacent to an activating group) is 1. The van der Waals surface area contributed by atoms with E-state index in [1.165, 1.54) is 38.9 Å². The van der Waals surface area contributed by atoms with Crippen LogP contribution < -0.4 is 32.3 Å². The largest absolute Gasteiger partial charge is 0.352 e. The standard InChI is InChI=1S/C50H60N10O9S/c1-31(2)46(56-41(61)14-6-5-9-24-60-44(64)21-22-45(60)65)49(67)55-38(12-10-23-52-50(51)68)48(66)54-36-18-15-33(16-19-36)30-69-59-27-35-25-34(26-53-47(35)57-42(62)29-59)17-20-43(63)58(4)28-40-32(3)37-11-7-8-13-39(37)70-40/h7-8,11,13,15-22,25-26,31,38,46H,5-6,9-10,12,14,23-24,27-30H2,1-4H3,(H,54,66)(H,55,67)(H,56,61)(H3,51,52,68)(H,53,57,62)/b20-17+/t38-,46-/m0/s1. The number of imide groups is 1. The number of nitrogens with one attached hydrogen (secondary N) is 5. The van der Waals surface area contributed by atoms with Crippen LogP contribution in [0, 0.1) is 12.8 Å². The van der Waals surface area contributed by atoms with Gasteiger partial charge in [-0.05, 0) is 90.9 Å². The molecule has 0 saturated carbocycles. The predicted molar refractivity (Wildman–Crippen MR) is 265 cm³/mol. The smallest absolute Gasteiger partial charge is 0.312 e. The van der Waals surface area contributed by atoms with Gasteiger partial charge in [-0.15, -0.1) is 11.3 Å². The number of benzene rings is 2. The molecule has 19 nitrogen and oxygen atoms in total. The molecule has 0 bridgehead atoms. The Labute approximate surface area is 410 Å². The highest BCUT2D eigenvalue weighted by Crippen LogP contribution is 2.31. The van der Waals surface area contributed by atoms with Crippen LogP contribution in [0.25, 0.3) is 16.2 Å². The van der Waals surface area contributed by atoms with Gasteiger partial charge in [0.1, 0.15) is 24.4 Å². The van der Waals surface area contributed by atoms with Gasteiger partial charge in [0.15, 0.2) is 0 Å². The van der Waals surface area contributed by atoms with Crippen molar-refractivity contribution < 1.29 is 43.2 Å². The van der Waals surface area contributed by atoms with Crippen molar-refractivity contribution in [3.8, 4) is 0 Å². The zero-order valence-corrected chi connectivity index (χ0v) is 40.6. The van der Waals surface area contributed by atoms with Gasteiger partial charge in [0.05, 0.1) is 19.7 Å². The highest BCUT2D eigenvalue weighted by molar-refractivity contribution is 7.19. The van der Waals surface area contributed by atoms with Gasteiger partial charge in [0, 0.05) is 71.8 Å². The SMILES string of the molecule is Cc1c(CN(C)C(=O)/C=C/c2cnc3c(c2)CN(OCc2ccc(NC(=O)[C@H](CCCNC(N)=O)NC(=O)[C@@H](NC(=O)CCCCCN4C(=O)C=CC4=O)C(C)C)cc2)CC(=O)N3)sc2ccccc12. The molecule has 2 atom stereocenters. The van der Waals surface area contributed by atoms with Crippen LogP contribution in [0.3, 0.4) is 0 Å². The molecule has 2 aliphatic rings. The van der Waals surface area contributed by atoms with Crippen molar-refractivity contribution in [1.82, 2.24) is 35.8 Å². The molecule has 0 saturated heterocycles. The van der Waals surface area contributed by atoms with Gasteiger partial charge in [0.2, 0.25) is 29.5 Å². The molecule has 20 heteroatoms. The molecular weight excluding hydrogens is 917 g/mol. The number of aromatic nitrogens is 1. The second-order valence-corrected chi connectivity index (χ2v) is 18.6. The molecule has 70 heavy (non-hydrogen) atoms. The molecule has 0 fully saturated rings. The molecular formula is C50H60N10O9S. The first-order valence-electron chi connectivity index (χ1n) is 23.2. The number of anilines is 2. The number of unbranched alkanes of at least 4 members (excludes halogenated alkanes) is 2. The van der Waals surface area contributed by atoms with E-state index in [1.54, 1.807) is 73.7 Å². The Kier molecular flexibility index (Phi) is 18.5. The minimum Gasteiger partial charge on any atom is -0.352 e.